The molecular formula is C19H33NO. The monoisotopic (exact) mass is 291 g/mol. The van der Waals surface area contributed by atoms with E-state index in [1.54, 1.807) is 0 Å². The van der Waals surface area contributed by atoms with Gasteiger partial charge in [0.2, 0.25) is 0 Å². The first kappa shape index (κ1) is 18.2. The van der Waals surface area contributed by atoms with Gasteiger partial charge in [0.25, 0.3) is 0 Å². The number of aryl methyl sites for hydroxylation is 2. The van der Waals surface area contributed by atoms with Crippen LogP contribution in [0.4, 0.5) is 0 Å². The summed E-state index contributed by atoms with van der Waals surface area (Å²) in [6.45, 7) is 10.5. The normalized spacial score (nSPS) is 14.1. The molecule has 1 aromatic rings. The van der Waals surface area contributed by atoms with Gasteiger partial charge in [0.05, 0.1) is 12.6 Å². The molecular weight excluding hydrogens is 258 g/mol. The van der Waals surface area contributed by atoms with Gasteiger partial charge < -0.3 is 10.1 Å². The standard InChI is InChI=1S/C19H33NO/c1-6-8-9-17(7-2)13-21-14-19(20-5)18-11-10-15(3)12-16(18)4/h10-12,17,19-20H,6-9,13-14H2,1-5H3. The molecule has 0 aromatic heterocycles. The van der Waals surface area contributed by atoms with Crippen molar-refractivity contribution in [3.05, 3.63) is 34.9 Å². The summed E-state index contributed by atoms with van der Waals surface area (Å²) in [6.07, 6.45) is 5.10. The summed E-state index contributed by atoms with van der Waals surface area (Å²) < 4.78 is 6.01. The van der Waals surface area contributed by atoms with Gasteiger partial charge in [-0.15, -0.1) is 0 Å². The molecule has 1 N–H and O–H groups in total. The minimum Gasteiger partial charge on any atom is -0.379 e. The summed E-state index contributed by atoms with van der Waals surface area (Å²) in [5.41, 5.74) is 4.01. The number of benzene rings is 1. The van der Waals surface area contributed by atoms with Crippen LogP contribution in [0.1, 0.15) is 62.3 Å². The van der Waals surface area contributed by atoms with Gasteiger partial charge in [-0.25, -0.2) is 0 Å². The molecule has 0 fully saturated rings. The Hall–Kier alpha value is -0.860. The van der Waals surface area contributed by atoms with Gasteiger partial charge in [0.1, 0.15) is 0 Å². The predicted molar refractivity (Wildman–Crippen MR) is 91.8 cm³/mol. The number of unbranched alkanes of at least 4 members (excludes halogenated alkanes) is 1. The zero-order valence-corrected chi connectivity index (χ0v) is 14.5. The molecule has 2 atom stereocenters. The second kappa shape index (κ2) is 9.97. The molecule has 0 radical (unpaired) electrons. The maximum absolute atomic E-state index is 6.01. The number of nitrogens with one attached hydrogen (secondary N) is 1. The Bertz CT molecular complexity index is 403. The lowest BCUT2D eigenvalue weighted by atomic mass is 9.99. The highest BCUT2D eigenvalue weighted by Crippen LogP contribution is 2.20. The third-order valence-electron chi connectivity index (χ3n) is 4.33. The van der Waals surface area contributed by atoms with Gasteiger partial charge in [0, 0.05) is 6.61 Å². The van der Waals surface area contributed by atoms with Crippen LogP contribution in [0.15, 0.2) is 18.2 Å². The van der Waals surface area contributed by atoms with E-state index >= 15 is 0 Å². The second-order valence-corrected chi connectivity index (χ2v) is 6.16. The molecule has 0 aliphatic carbocycles. The molecule has 21 heavy (non-hydrogen) atoms. The van der Waals surface area contributed by atoms with Crippen molar-refractivity contribution in [2.75, 3.05) is 20.3 Å². The van der Waals surface area contributed by atoms with Crippen molar-refractivity contribution >= 4 is 0 Å². The van der Waals surface area contributed by atoms with Crippen LogP contribution in [0.3, 0.4) is 0 Å². The van der Waals surface area contributed by atoms with E-state index in [2.05, 4.69) is 51.2 Å². The van der Waals surface area contributed by atoms with Gasteiger partial charge in [-0.05, 0) is 44.4 Å². The fourth-order valence-electron chi connectivity index (χ4n) is 2.80. The molecule has 2 unspecified atom stereocenters. The summed E-state index contributed by atoms with van der Waals surface area (Å²) >= 11 is 0. The van der Waals surface area contributed by atoms with Crippen molar-refractivity contribution in [1.29, 1.82) is 0 Å². The number of rotatable bonds is 10. The first-order chi connectivity index (χ1) is 10.1. The van der Waals surface area contributed by atoms with E-state index in [1.165, 1.54) is 42.4 Å². The Morgan fingerprint density at radius 1 is 1.14 bits per heavy atom. The zero-order valence-electron chi connectivity index (χ0n) is 14.5. The molecule has 2 nitrogen and oxygen atoms in total. The Morgan fingerprint density at radius 3 is 2.48 bits per heavy atom. The summed E-state index contributed by atoms with van der Waals surface area (Å²) in [5, 5.41) is 3.39. The third-order valence-corrected chi connectivity index (χ3v) is 4.33. The largest absolute Gasteiger partial charge is 0.379 e. The molecule has 0 bridgehead atoms. The highest BCUT2D eigenvalue weighted by atomic mass is 16.5. The van der Waals surface area contributed by atoms with Crippen molar-refractivity contribution < 1.29 is 4.74 Å². The summed E-state index contributed by atoms with van der Waals surface area (Å²) in [6, 6.07) is 6.94. The van der Waals surface area contributed by atoms with E-state index < -0.39 is 0 Å². The molecule has 120 valence electrons. The fourth-order valence-corrected chi connectivity index (χ4v) is 2.80. The molecule has 0 spiro atoms. The molecule has 1 rings (SSSR count). The third kappa shape index (κ3) is 6.19. The van der Waals surface area contributed by atoms with Crippen molar-refractivity contribution in [2.45, 2.75) is 59.4 Å². The number of likely N-dealkylation sites (N-methyl/N-ethyl adjacent to an activating group) is 1. The Balaban J connectivity index is 2.50. The number of hydrogen-bond acceptors (Lipinski definition) is 2. The van der Waals surface area contributed by atoms with E-state index in [0.29, 0.717) is 5.92 Å². The lowest BCUT2D eigenvalue weighted by Crippen LogP contribution is -2.24. The highest BCUT2D eigenvalue weighted by Gasteiger charge is 2.13. The molecule has 0 amide bonds. The van der Waals surface area contributed by atoms with Crippen LogP contribution >= 0.6 is 0 Å². The second-order valence-electron chi connectivity index (χ2n) is 6.16. The average Bonchev–Trinajstić information content (AvgIpc) is 2.48. The van der Waals surface area contributed by atoms with Gasteiger partial charge >= 0.3 is 0 Å². The Kier molecular flexibility index (Phi) is 8.63. The first-order valence-electron chi connectivity index (χ1n) is 8.44. The first-order valence-corrected chi connectivity index (χ1v) is 8.44. The quantitative estimate of drug-likeness (QED) is 0.669. The molecule has 0 saturated carbocycles. The molecule has 0 aliphatic heterocycles. The van der Waals surface area contributed by atoms with Crippen molar-refractivity contribution in [1.82, 2.24) is 5.32 Å². The highest BCUT2D eigenvalue weighted by molar-refractivity contribution is 5.32. The maximum Gasteiger partial charge on any atom is 0.0661 e. The van der Waals surface area contributed by atoms with Crippen LogP contribution in [-0.2, 0) is 4.74 Å². The summed E-state index contributed by atoms with van der Waals surface area (Å²) in [5.74, 6) is 0.710. The lowest BCUT2D eigenvalue weighted by Gasteiger charge is -2.21. The van der Waals surface area contributed by atoms with E-state index in [9.17, 15) is 0 Å². The Labute approximate surface area is 131 Å². The minimum atomic E-state index is 0.286. The summed E-state index contributed by atoms with van der Waals surface area (Å²) in [4.78, 5) is 0. The molecule has 0 saturated heterocycles. The molecule has 0 heterocycles. The van der Waals surface area contributed by atoms with Crippen LogP contribution in [0, 0.1) is 19.8 Å². The SMILES string of the molecule is CCCCC(CC)COCC(NC)c1ccc(C)cc1C. The van der Waals surface area contributed by atoms with E-state index in [-0.39, 0.29) is 6.04 Å². The van der Waals surface area contributed by atoms with Gasteiger partial charge in [0.15, 0.2) is 0 Å². The average molecular weight is 291 g/mol. The lowest BCUT2D eigenvalue weighted by molar-refractivity contribution is 0.0780. The number of hydrogen-bond donors (Lipinski definition) is 1. The van der Waals surface area contributed by atoms with E-state index in [0.717, 1.165) is 13.2 Å². The molecule has 1 aromatic carbocycles. The van der Waals surface area contributed by atoms with Crippen LogP contribution < -0.4 is 5.32 Å². The zero-order chi connectivity index (χ0) is 15.7. The maximum atomic E-state index is 6.01. The van der Waals surface area contributed by atoms with Crippen LogP contribution in [-0.4, -0.2) is 20.3 Å². The van der Waals surface area contributed by atoms with E-state index in [4.69, 9.17) is 4.74 Å². The Morgan fingerprint density at radius 2 is 1.90 bits per heavy atom. The van der Waals surface area contributed by atoms with Gasteiger partial charge in [-0.1, -0.05) is 56.9 Å². The van der Waals surface area contributed by atoms with Gasteiger partial charge in [-0.2, -0.15) is 0 Å². The summed E-state index contributed by atoms with van der Waals surface area (Å²) in [7, 11) is 2.02. The van der Waals surface area contributed by atoms with Crippen LogP contribution in [0.5, 0.6) is 0 Å². The van der Waals surface area contributed by atoms with Crippen molar-refractivity contribution in [2.24, 2.45) is 5.92 Å². The predicted octanol–water partition coefficient (Wildman–Crippen LogP) is 4.80. The van der Waals surface area contributed by atoms with Crippen LogP contribution in [0.25, 0.3) is 0 Å². The van der Waals surface area contributed by atoms with Gasteiger partial charge in [-0.3, -0.25) is 0 Å². The minimum absolute atomic E-state index is 0.286. The van der Waals surface area contributed by atoms with Crippen LogP contribution in [0.2, 0.25) is 0 Å². The smallest absolute Gasteiger partial charge is 0.0661 e. The molecule has 0 aliphatic rings. The van der Waals surface area contributed by atoms with Crippen molar-refractivity contribution in [3.63, 3.8) is 0 Å². The number of ether oxygens (including phenoxy) is 1. The van der Waals surface area contributed by atoms with E-state index in [1.807, 2.05) is 7.05 Å². The topological polar surface area (TPSA) is 21.3 Å². The van der Waals surface area contributed by atoms with Crippen molar-refractivity contribution in [3.8, 4) is 0 Å². The fraction of sp³-hybridized carbons (Fsp3) is 0.684. The molecule has 2 heteroatoms.